The number of aryl methyl sites for hydroxylation is 2. The second kappa shape index (κ2) is 15.4. The fourth-order valence-corrected chi connectivity index (χ4v) is 7.83. The smallest absolute Gasteiger partial charge is 0.336 e. The highest BCUT2D eigenvalue weighted by Crippen LogP contribution is 2.38. The van der Waals surface area contributed by atoms with E-state index in [1.165, 1.54) is 19.1 Å². The lowest BCUT2D eigenvalue weighted by atomic mass is 9.81. The van der Waals surface area contributed by atoms with E-state index in [4.69, 9.17) is 9.47 Å². The number of nitrogens with zero attached hydrogens (tertiary/aromatic N) is 3. The molecule has 4 aliphatic heterocycles. The number of hydrogen-bond acceptors (Lipinski definition) is 11. The van der Waals surface area contributed by atoms with Crippen LogP contribution in [0, 0.1) is 13.8 Å². The molecule has 4 saturated heterocycles. The van der Waals surface area contributed by atoms with Crippen LogP contribution in [0.2, 0.25) is 0 Å². The van der Waals surface area contributed by atoms with E-state index in [1.54, 1.807) is 13.8 Å². The minimum atomic E-state index is -2.01. The number of carboxylic acid groups (broad SMARTS) is 1. The maximum absolute atomic E-state index is 13.2. The Morgan fingerprint density at radius 3 is 2.36 bits per heavy atom. The first-order valence-electron chi connectivity index (χ1n) is 17.3. The van der Waals surface area contributed by atoms with Crippen LogP contribution in [0.4, 0.5) is 4.79 Å². The zero-order valence-corrected chi connectivity index (χ0v) is 29.0. The molecule has 16 heteroatoms. The van der Waals surface area contributed by atoms with Crippen LogP contribution in [0.15, 0.2) is 12.1 Å². The van der Waals surface area contributed by atoms with Crippen LogP contribution in [0.1, 0.15) is 60.5 Å². The van der Waals surface area contributed by atoms with Crippen LogP contribution in [0.5, 0.6) is 5.75 Å². The minimum absolute atomic E-state index is 0.00507. The molecular formula is C34H51N5O11. The lowest BCUT2D eigenvalue weighted by Crippen LogP contribution is -2.68. The van der Waals surface area contributed by atoms with Gasteiger partial charge in [-0.05, 0) is 56.4 Å². The molecule has 4 aliphatic rings. The van der Waals surface area contributed by atoms with Crippen molar-refractivity contribution >= 4 is 23.8 Å². The van der Waals surface area contributed by atoms with Crippen LogP contribution in [0.3, 0.4) is 0 Å². The fourth-order valence-electron chi connectivity index (χ4n) is 7.83. The van der Waals surface area contributed by atoms with Gasteiger partial charge in [0, 0.05) is 71.1 Å². The number of aliphatic carboxylic acids is 1. The molecular weight excluding hydrogens is 654 g/mol. The van der Waals surface area contributed by atoms with Crippen molar-refractivity contribution < 1.29 is 54.2 Å². The average molecular weight is 706 g/mol. The van der Waals surface area contributed by atoms with E-state index >= 15 is 0 Å². The standard InChI is InChI=1S/C34H51N5O11/c1-20-14-23(15-21(2)27(20)43)30(45)35-17-25(42)28(44)29-26(36-22(3)40)24(41)16-34(50-29,31(46)47)7-11-39-12-13-49-19-33(39)6-10-38(18-33)32(48)37-8-4-5-9-37/h14-15,24-26,28-29,41-44H,4-13,16-19H2,1-3H3,(H,35,45)(H,36,40)(H,46,47)/t24-,25+,26+,28+,29+,33-,34+/m0/s1. The van der Waals surface area contributed by atoms with Gasteiger partial charge in [0.05, 0.1) is 37.0 Å². The summed E-state index contributed by atoms with van der Waals surface area (Å²) in [4.78, 5) is 56.9. The number of likely N-dealkylation sites (tertiary alicyclic amines) is 2. The van der Waals surface area contributed by atoms with Gasteiger partial charge in [0.15, 0.2) is 5.60 Å². The summed E-state index contributed by atoms with van der Waals surface area (Å²) in [6.07, 6.45) is -4.46. The minimum Gasteiger partial charge on any atom is -0.507 e. The number of ether oxygens (including phenoxy) is 2. The topological polar surface area (TPSA) is 222 Å². The molecule has 7 atom stereocenters. The number of rotatable bonds is 10. The molecule has 16 nitrogen and oxygen atoms in total. The van der Waals surface area contributed by atoms with Gasteiger partial charge in [-0.25, -0.2) is 9.59 Å². The zero-order chi connectivity index (χ0) is 36.4. The van der Waals surface area contributed by atoms with Gasteiger partial charge in [-0.3, -0.25) is 14.5 Å². The molecule has 0 bridgehead atoms. The van der Waals surface area contributed by atoms with E-state index in [0.29, 0.717) is 50.4 Å². The van der Waals surface area contributed by atoms with E-state index in [-0.39, 0.29) is 30.3 Å². The van der Waals surface area contributed by atoms with Crippen molar-refractivity contribution in [3.63, 3.8) is 0 Å². The summed E-state index contributed by atoms with van der Waals surface area (Å²) in [5, 5.41) is 59.3. The molecule has 0 radical (unpaired) electrons. The van der Waals surface area contributed by atoms with Crippen molar-refractivity contribution in [3.05, 3.63) is 28.8 Å². The first kappa shape index (κ1) is 37.7. The Morgan fingerprint density at radius 2 is 1.72 bits per heavy atom. The number of aliphatic hydroxyl groups is 3. The van der Waals surface area contributed by atoms with Crippen LogP contribution in [-0.4, -0.2) is 165 Å². The largest absolute Gasteiger partial charge is 0.507 e. The van der Waals surface area contributed by atoms with Gasteiger partial charge in [0.2, 0.25) is 5.91 Å². The first-order chi connectivity index (χ1) is 23.7. The molecule has 0 saturated carbocycles. The highest BCUT2D eigenvalue weighted by molar-refractivity contribution is 5.95. The average Bonchev–Trinajstić information content (AvgIpc) is 3.77. The summed E-state index contributed by atoms with van der Waals surface area (Å²) >= 11 is 0. The number of aliphatic hydroxyl groups excluding tert-OH is 3. The second-order valence-electron chi connectivity index (χ2n) is 14.3. The number of morpholine rings is 1. The number of benzene rings is 1. The van der Waals surface area contributed by atoms with Crippen molar-refractivity contribution in [1.29, 1.82) is 0 Å². The molecule has 1 aromatic carbocycles. The monoisotopic (exact) mass is 705 g/mol. The zero-order valence-electron chi connectivity index (χ0n) is 29.0. The summed E-state index contributed by atoms with van der Waals surface area (Å²) < 4.78 is 12.0. The lowest BCUT2D eigenvalue weighted by molar-refractivity contribution is -0.231. The van der Waals surface area contributed by atoms with Crippen LogP contribution in [-0.2, 0) is 19.1 Å². The normalized spacial score (nSPS) is 29.9. The molecule has 278 valence electrons. The van der Waals surface area contributed by atoms with E-state index in [2.05, 4.69) is 15.5 Å². The highest BCUT2D eigenvalue weighted by atomic mass is 16.6. The van der Waals surface area contributed by atoms with E-state index < -0.39 is 72.3 Å². The van der Waals surface area contributed by atoms with Gasteiger partial charge < -0.3 is 55.4 Å². The molecule has 1 spiro atoms. The Bertz CT molecular complexity index is 1420. The van der Waals surface area contributed by atoms with Gasteiger partial charge in [0.1, 0.15) is 18.0 Å². The van der Waals surface area contributed by atoms with Gasteiger partial charge in [-0.1, -0.05) is 0 Å². The maximum atomic E-state index is 13.2. The van der Waals surface area contributed by atoms with Crippen LogP contribution in [0.25, 0.3) is 0 Å². The second-order valence-corrected chi connectivity index (χ2v) is 14.3. The van der Waals surface area contributed by atoms with Crippen LogP contribution >= 0.6 is 0 Å². The number of aromatic hydroxyl groups is 1. The predicted molar refractivity (Wildman–Crippen MR) is 178 cm³/mol. The Labute approximate surface area is 291 Å². The molecule has 4 amide bonds. The van der Waals surface area contributed by atoms with Crippen molar-refractivity contribution in [2.45, 2.75) is 94.5 Å². The van der Waals surface area contributed by atoms with E-state index in [0.717, 1.165) is 25.9 Å². The molecule has 50 heavy (non-hydrogen) atoms. The SMILES string of the molecule is CC(=O)N[C@H]1[C@H]([C@H](O)[C@H](O)CNC(=O)c2cc(C)c(O)c(C)c2)O[C@@](CCN2CCOC[C@@]23CCN(C(=O)N2CCCC2)C3)(C(=O)O)C[C@@H]1O. The Morgan fingerprint density at radius 1 is 1.04 bits per heavy atom. The van der Waals surface area contributed by atoms with E-state index in [1.807, 2.05) is 9.80 Å². The summed E-state index contributed by atoms with van der Waals surface area (Å²) in [5.74, 6) is -2.48. The molecule has 7 N–H and O–H groups in total. The van der Waals surface area contributed by atoms with Crippen molar-refractivity contribution in [3.8, 4) is 5.75 Å². The van der Waals surface area contributed by atoms with Gasteiger partial charge in [0.25, 0.3) is 5.91 Å². The Hall–Kier alpha value is -3.54. The number of carboxylic acids is 1. The molecule has 0 unspecified atom stereocenters. The fraction of sp³-hybridized carbons (Fsp3) is 0.706. The first-order valence-corrected chi connectivity index (χ1v) is 17.3. The van der Waals surface area contributed by atoms with Gasteiger partial charge >= 0.3 is 12.0 Å². The quantitative estimate of drug-likeness (QED) is 0.161. The summed E-state index contributed by atoms with van der Waals surface area (Å²) in [6, 6.07) is 1.68. The third-order valence-corrected chi connectivity index (χ3v) is 10.7. The lowest BCUT2D eigenvalue weighted by Gasteiger charge is -2.49. The number of amides is 4. The van der Waals surface area contributed by atoms with Gasteiger partial charge in [-0.15, -0.1) is 0 Å². The van der Waals surface area contributed by atoms with Crippen LogP contribution < -0.4 is 10.6 Å². The third kappa shape index (κ3) is 7.85. The van der Waals surface area contributed by atoms with Crippen molar-refractivity contribution in [2.75, 3.05) is 59.0 Å². The molecule has 4 fully saturated rings. The van der Waals surface area contributed by atoms with E-state index in [9.17, 15) is 44.7 Å². The maximum Gasteiger partial charge on any atom is 0.336 e. The molecule has 1 aromatic rings. The number of urea groups is 1. The number of carbonyl (C=O) groups excluding carboxylic acids is 3. The van der Waals surface area contributed by atoms with Crippen molar-refractivity contribution in [2.24, 2.45) is 0 Å². The number of carbonyl (C=O) groups is 4. The molecule has 0 aliphatic carbocycles. The highest BCUT2D eigenvalue weighted by Gasteiger charge is 2.55. The molecule has 4 heterocycles. The van der Waals surface area contributed by atoms with Gasteiger partial charge in [-0.2, -0.15) is 0 Å². The number of phenols is 1. The number of phenolic OH excluding ortho intramolecular Hbond substituents is 1. The summed E-state index contributed by atoms with van der Waals surface area (Å²) in [7, 11) is 0. The predicted octanol–water partition coefficient (Wildman–Crippen LogP) is -0.679. The Balaban J connectivity index is 1.30. The van der Waals surface area contributed by atoms with Crippen molar-refractivity contribution in [1.82, 2.24) is 25.3 Å². The Kier molecular flexibility index (Phi) is 11.6. The third-order valence-electron chi connectivity index (χ3n) is 10.7. The summed E-state index contributed by atoms with van der Waals surface area (Å²) in [6.45, 7) is 7.93. The number of hydrogen-bond donors (Lipinski definition) is 7. The molecule has 0 aromatic heterocycles. The summed E-state index contributed by atoms with van der Waals surface area (Å²) in [5.41, 5.74) is -1.36. The molecule has 5 rings (SSSR count). The number of nitrogens with one attached hydrogen (secondary N) is 2.